The van der Waals surface area contributed by atoms with Crippen LogP contribution in [0.2, 0.25) is 0 Å². The third-order valence-electron chi connectivity index (χ3n) is 10.1. The molecule has 4 bridgehead atoms. The van der Waals surface area contributed by atoms with Crippen LogP contribution in [0.25, 0.3) is 10.8 Å². The van der Waals surface area contributed by atoms with Gasteiger partial charge in [0.1, 0.15) is 11.8 Å². The number of carboxylic acid groups (broad SMARTS) is 1. The van der Waals surface area contributed by atoms with Gasteiger partial charge in [-0.1, -0.05) is 30.3 Å². The maximum atomic E-state index is 13.7. The SMILES string of the molecule is O=C(N[C@H](C(=O)O)C12CC3CC(CC(C3)C1)C2)c1ccc2ccccc2c1OCC1CCC(C(F)(F)F)CC1. The molecule has 7 rings (SSSR count). The number of aliphatic carboxylic acids is 1. The fraction of sp³-hybridized carbons (Fsp3) is 0.613. The smallest absolute Gasteiger partial charge is 0.391 e. The van der Waals surface area contributed by atoms with Gasteiger partial charge in [0.15, 0.2) is 0 Å². The largest absolute Gasteiger partial charge is 0.492 e. The molecule has 0 aromatic heterocycles. The van der Waals surface area contributed by atoms with Crippen molar-refractivity contribution in [1.82, 2.24) is 5.32 Å². The first-order chi connectivity index (χ1) is 18.6. The van der Waals surface area contributed by atoms with Gasteiger partial charge in [0.25, 0.3) is 5.91 Å². The van der Waals surface area contributed by atoms with Crippen molar-refractivity contribution in [1.29, 1.82) is 0 Å². The van der Waals surface area contributed by atoms with Crippen LogP contribution >= 0.6 is 0 Å². The van der Waals surface area contributed by atoms with Gasteiger partial charge in [0.05, 0.1) is 18.1 Å². The van der Waals surface area contributed by atoms with E-state index in [-0.39, 0.29) is 30.9 Å². The normalized spacial score (nSPS) is 32.6. The molecule has 0 unspecified atom stereocenters. The number of halogens is 3. The molecule has 0 heterocycles. The molecular formula is C31H36F3NO4. The molecule has 5 nitrogen and oxygen atoms in total. The zero-order valence-electron chi connectivity index (χ0n) is 22.0. The van der Waals surface area contributed by atoms with E-state index in [0.717, 1.165) is 30.0 Å². The molecule has 0 aliphatic heterocycles. The summed E-state index contributed by atoms with van der Waals surface area (Å²) in [6.07, 6.45) is 2.91. The Kier molecular flexibility index (Phi) is 6.79. The summed E-state index contributed by atoms with van der Waals surface area (Å²) in [4.78, 5) is 26.3. The third kappa shape index (κ3) is 5.11. The summed E-state index contributed by atoms with van der Waals surface area (Å²) in [5, 5.41) is 14.8. The second kappa shape index (κ2) is 10.0. The predicted octanol–water partition coefficient (Wildman–Crippen LogP) is 6.99. The molecule has 5 saturated carbocycles. The molecule has 8 heteroatoms. The fourth-order valence-corrected chi connectivity index (χ4v) is 8.65. The number of hydrogen-bond acceptors (Lipinski definition) is 3. The lowest BCUT2D eigenvalue weighted by molar-refractivity contribution is -0.184. The Balaban J connectivity index is 1.23. The van der Waals surface area contributed by atoms with Gasteiger partial charge in [-0.15, -0.1) is 0 Å². The van der Waals surface area contributed by atoms with Crippen LogP contribution < -0.4 is 10.1 Å². The number of carbonyl (C=O) groups excluding carboxylic acids is 1. The van der Waals surface area contributed by atoms with E-state index >= 15 is 0 Å². The van der Waals surface area contributed by atoms with E-state index < -0.39 is 35.4 Å². The van der Waals surface area contributed by atoms with Crippen LogP contribution in [-0.4, -0.2) is 35.8 Å². The van der Waals surface area contributed by atoms with E-state index in [1.807, 2.05) is 30.3 Å². The standard InChI is InChI=1S/C31H36F3NO4/c32-31(33,34)23-8-5-18(6-9-23)17-39-26-24-4-2-1-3-22(24)7-10-25(26)28(36)35-27(29(37)38)30-14-19-11-20(15-30)13-21(12-19)16-30/h1-4,7,10,18-21,23,27H,5-6,8-9,11-17H2,(H,35,36)(H,37,38)/t18?,19?,20?,21?,23?,27-,30?/m1/s1. The summed E-state index contributed by atoms with van der Waals surface area (Å²) >= 11 is 0. The number of rotatable bonds is 7. The number of carbonyl (C=O) groups is 2. The topological polar surface area (TPSA) is 75.6 Å². The third-order valence-corrected chi connectivity index (χ3v) is 10.1. The van der Waals surface area contributed by atoms with Crippen molar-refractivity contribution in [2.24, 2.45) is 35.0 Å². The van der Waals surface area contributed by atoms with Crippen LogP contribution in [0.1, 0.15) is 74.6 Å². The van der Waals surface area contributed by atoms with Gasteiger partial charge in [-0.25, -0.2) is 4.79 Å². The molecule has 5 fully saturated rings. The molecule has 1 amide bonds. The lowest BCUT2D eigenvalue weighted by Crippen LogP contribution is -2.59. The summed E-state index contributed by atoms with van der Waals surface area (Å²) in [5.74, 6) is -0.749. The second-order valence-electron chi connectivity index (χ2n) is 12.8. The Morgan fingerprint density at radius 2 is 1.56 bits per heavy atom. The van der Waals surface area contributed by atoms with Crippen LogP contribution in [0.15, 0.2) is 36.4 Å². The molecule has 39 heavy (non-hydrogen) atoms. The monoisotopic (exact) mass is 543 g/mol. The van der Waals surface area contributed by atoms with Gasteiger partial charge < -0.3 is 15.2 Å². The predicted molar refractivity (Wildman–Crippen MR) is 140 cm³/mol. The van der Waals surface area contributed by atoms with Crippen molar-refractivity contribution in [3.8, 4) is 5.75 Å². The van der Waals surface area contributed by atoms with Crippen LogP contribution in [-0.2, 0) is 4.79 Å². The molecular weight excluding hydrogens is 507 g/mol. The second-order valence-corrected chi connectivity index (χ2v) is 12.8. The van der Waals surface area contributed by atoms with E-state index in [9.17, 15) is 27.9 Å². The van der Waals surface area contributed by atoms with E-state index in [0.29, 0.717) is 36.3 Å². The molecule has 0 radical (unpaired) electrons. The molecule has 5 aliphatic rings. The fourth-order valence-electron chi connectivity index (χ4n) is 8.65. The lowest BCUT2D eigenvalue weighted by Gasteiger charge is -2.58. The Bertz CT molecular complexity index is 1210. The van der Waals surface area contributed by atoms with Crippen molar-refractivity contribution in [2.75, 3.05) is 6.61 Å². The van der Waals surface area contributed by atoms with Crippen molar-refractivity contribution in [3.63, 3.8) is 0 Å². The van der Waals surface area contributed by atoms with E-state index in [1.165, 1.54) is 19.3 Å². The van der Waals surface area contributed by atoms with E-state index in [1.54, 1.807) is 6.07 Å². The van der Waals surface area contributed by atoms with Crippen LogP contribution in [0.5, 0.6) is 5.75 Å². The van der Waals surface area contributed by atoms with Gasteiger partial charge >= 0.3 is 12.1 Å². The molecule has 2 aromatic carbocycles. The van der Waals surface area contributed by atoms with Crippen molar-refractivity contribution < 1.29 is 32.6 Å². The number of nitrogens with one attached hydrogen (secondary N) is 1. The first-order valence-electron chi connectivity index (χ1n) is 14.4. The number of fused-ring (bicyclic) bond motifs is 1. The van der Waals surface area contributed by atoms with Gasteiger partial charge in [-0.05, 0) is 99.3 Å². The first kappa shape index (κ1) is 26.5. The highest BCUT2D eigenvalue weighted by molar-refractivity contribution is 6.05. The highest BCUT2D eigenvalue weighted by atomic mass is 19.4. The summed E-state index contributed by atoms with van der Waals surface area (Å²) in [5.41, 5.74) is -0.140. The number of benzene rings is 2. The summed E-state index contributed by atoms with van der Waals surface area (Å²) < 4.78 is 45.6. The molecule has 210 valence electrons. The molecule has 5 aliphatic carbocycles. The minimum absolute atomic E-state index is 0.0303. The highest BCUT2D eigenvalue weighted by Crippen LogP contribution is 2.61. The average molecular weight is 544 g/mol. The average Bonchev–Trinajstić information content (AvgIpc) is 2.89. The number of alkyl halides is 3. The number of ether oxygens (including phenoxy) is 1. The molecule has 1 atom stereocenters. The van der Waals surface area contributed by atoms with Crippen LogP contribution in [0.4, 0.5) is 13.2 Å². The van der Waals surface area contributed by atoms with Crippen molar-refractivity contribution in [2.45, 2.75) is 76.4 Å². The molecule has 2 N–H and O–H groups in total. The summed E-state index contributed by atoms with van der Waals surface area (Å²) in [6.45, 7) is 0.218. The van der Waals surface area contributed by atoms with Gasteiger partial charge in [0, 0.05) is 10.8 Å². The number of carboxylic acids is 1. The zero-order chi connectivity index (χ0) is 27.4. The van der Waals surface area contributed by atoms with E-state index in [2.05, 4.69) is 5.32 Å². The van der Waals surface area contributed by atoms with Crippen LogP contribution in [0.3, 0.4) is 0 Å². The maximum absolute atomic E-state index is 13.7. The van der Waals surface area contributed by atoms with E-state index in [4.69, 9.17) is 4.74 Å². The van der Waals surface area contributed by atoms with Gasteiger partial charge in [0.2, 0.25) is 0 Å². The molecule has 0 saturated heterocycles. The summed E-state index contributed by atoms with van der Waals surface area (Å²) in [6, 6.07) is 10.0. The quantitative estimate of drug-likeness (QED) is 0.395. The molecule has 0 spiro atoms. The van der Waals surface area contributed by atoms with Gasteiger partial charge in [-0.2, -0.15) is 13.2 Å². The Morgan fingerprint density at radius 3 is 2.15 bits per heavy atom. The maximum Gasteiger partial charge on any atom is 0.391 e. The first-order valence-corrected chi connectivity index (χ1v) is 14.4. The minimum Gasteiger partial charge on any atom is -0.492 e. The number of hydrogen-bond donors (Lipinski definition) is 2. The Morgan fingerprint density at radius 1 is 0.949 bits per heavy atom. The molecule has 2 aromatic rings. The van der Waals surface area contributed by atoms with Crippen molar-refractivity contribution in [3.05, 3.63) is 42.0 Å². The highest BCUT2D eigenvalue weighted by Gasteiger charge is 2.56. The number of amides is 1. The minimum atomic E-state index is -4.16. The van der Waals surface area contributed by atoms with Crippen molar-refractivity contribution >= 4 is 22.6 Å². The van der Waals surface area contributed by atoms with Crippen LogP contribution in [0, 0.1) is 35.0 Å². The Labute approximate surface area is 226 Å². The Hall–Kier alpha value is -2.77. The summed E-state index contributed by atoms with van der Waals surface area (Å²) in [7, 11) is 0. The van der Waals surface area contributed by atoms with Gasteiger partial charge in [-0.3, -0.25) is 4.79 Å². The lowest BCUT2D eigenvalue weighted by atomic mass is 9.47. The zero-order valence-corrected chi connectivity index (χ0v) is 22.0.